The van der Waals surface area contributed by atoms with Gasteiger partial charge in [-0.1, -0.05) is 48.0 Å². The van der Waals surface area contributed by atoms with Crippen LogP contribution < -0.4 is 10.8 Å². The topological polar surface area (TPSA) is 90.4 Å². The van der Waals surface area contributed by atoms with Crippen molar-refractivity contribution in [3.8, 4) is 0 Å². The van der Waals surface area contributed by atoms with E-state index in [1.165, 1.54) is 28.4 Å². The molecule has 7 nitrogen and oxygen atoms in total. The number of amides is 1. The Balaban J connectivity index is 1.50. The lowest BCUT2D eigenvalue weighted by molar-refractivity contribution is 0.0705. The molecule has 160 valence electrons. The third kappa shape index (κ3) is 5.04. The van der Waals surface area contributed by atoms with Crippen LogP contribution in [-0.2, 0) is 5.54 Å². The quantitative estimate of drug-likeness (QED) is 0.306. The van der Waals surface area contributed by atoms with Crippen LogP contribution in [0.4, 0.5) is 5.95 Å². The Bertz CT molecular complexity index is 1000. The molecule has 2 aromatic carbocycles. The largest absolute Gasteiger partial charge is 0.345 e. The van der Waals surface area contributed by atoms with Crippen molar-refractivity contribution in [1.29, 1.82) is 0 Å². The Morgan fingerprint density at radius 2 is 1.68 bits per heavy atom. The zero-order valence-electron chi connectivity index (χ0n) is 17.3. The first kappa shape index (κ1) is 21.3. The number of carbonyl (C=O) groups is 1. The van der Waals surface area contributed by atoms with E-state index < -0.39 is 5.91 Å². The summed E-state index contributed by atoms with van der Waals surface area (Å²) in [6.45, 7) is 3.91. The molecule has 1 aromatic heterocycles. The number of anilines is 1. The fourth-order valence-corrected chi connectivity index (χ4v) is 4.66. The summed E-state index contributed by atoms with van der Waals surface area (Å²) in [6, 6.07) is 19.0. The Kier molecular flexibility index (Phi) is 6.50. The molecule has 0 radical (unpaired) electrons. The minimum Gasteiger partial charge on any atom is -0.345 e. The molecular formula is C23H25N5O2S. The molecule has 0 spiro atoms. The van der Waals surface area contributed by atoms with Crippen LogP contribution in [-0.4, -0.2) is 38.5 Å². The van der Waals surface area contributed by atoms with E-state index in [1.54, 1.807) is 17.4 Å². The number of aromatic nitrogens is 2. The van der Waals surface area contributed by atoms with Gasteiger partial charge in [-0.05, 0) is 49.4 Å². The molecule has 0 bridgehead atoms. The molecule has 0 aliphatic carbocycles. The van der Waals surface area contributed by atoms with E-state index in [4.69, 9.17) is 5.21 Å². The van der Waals surface area contributed by atoms with Gasteiger partial charge in [-0.2, -0.15) is 0 Å². The number of rotatable bonds is 6. The van der Waals surface area contributed by atoms with E-state index in [0.717, 1.165) is 25.9 Å². The van der Waals surface area contributed by atoms with E-state index in [9.17, 15) is 4.79 Å². The van der Waals surface area contributed by atoms with Crippen LogP contribution in [0.5, 0.6) is 0 Å². The van der Waals surface area contributed by atoms with E-state index in [2.05, 4.69) is 62.9 Å². The van der Waals surface area contributed by atoms with Crippen molar-refractivity contribution in [2.24, 2.45) is 0 Å². The summed E-state index contributed by atoms with van der Waals surface area (Å²) in [5, 5.41) is 12.3. The molecule has 0 unspecified atom stereocenters. The number of nitrogens with zero attached hydrogens (tertiary/aromatic N) is 3. The number of carbonyl (C=O) groups excluding carboxylic acids is 1. The van der Waals surface area contributed by atoms with Gasteiger partial charge in [0.1, 0.15) is 0 Å². The first-order chi connectivity index (χ1) is 15.1. The lowest BCUT2D eigenvalue weighted by Crippen LogP contribution is -2.45. The van der Waals surface area contributed by atoms with Gasteiger partial charge in [0.2, 0.25) is 5.95 Å². The second-order valence-corrected chi connectivity index (χ2v) is 8.81. The monoisotopic (exact) mass is 435 g/mol. The smallest absolute Gasteiger partial charge is 0.277 e. The fraction of sp³-hybridized carbons (Fsp3) is 0.261. The molecule has 1 aliphatic rings. The molecule has 3 aromatic rings. The van der Waals surface area contributed by atoms with Gasteiger partial charge in [-0.15, -0.1) is 0 Å². The van der Waals surface area contributed by atoms with Crippen LogP contribution in [0.25, 0.3) is 0 Å². The van der Waals surface area contributed by atoms with E-state index in [0.29, 0.717) is 5.95 Å². The second-order valence-electron chi connectivity index (χ2n) is 7.64. The minimum atomic E-state index is -0.634. The highest BCUT2D eigenvalue weighted by Crippen LogP contribution is 2.38. The standard InChI is InChI=1S/C23H25N5O2S/c1-17-7-9-20(10-8-17)31-28-13-11-23(12-14-28,19-5-3-2-4-6-19)26-22-24-15-18(16-25-22)21(29)27-30/h2-10,15-16,30H,11-14H2,1H3,(H,27,29)(H,24,25,26). The lowest BCUT2D eigenvalue weighted by atomic mass is 9.81. The SMILES string of the molecule is Cc1ccc(SN2CCC(Nc3ncc(C(=O)NO)cn3)(c3ccccc3)CC2)cc1. The lowest BCUT2D eigenvalue weighted by Gasteiger charge is -2.42. The van der Waals surface area contributed by atoms with Crippen molar-refractivity contribution in [3.05, 3.63) is 83.7 Å². The fourth-order valence-electron chi connectivity index (χ4n) is 3.74. The van der Waals surface area contributed by atoms with Gasteiger partial charge in [0.15, 0.2) is 0 Å². The van der Waals surface area contributed by atoms with Gasteiger partial charge in [0, 0.05) is 30.4 Å². The number of piperidine rings is 1. The zero-order chi connectivity index (χ0) is 21.7. The van der Waals surface area contributed by atoms with E-state index in [1.807, 2.05) is 18.2 Å². The molecule has 4 rings (SSSR count). The number of benzene rings is 2. The molecule has 2 heterocycles. The van der Waals surface area contributed by atoms with Gasteiger partial charge in [0.05, 0.1) is 11.1 Å². The summed E-state index contributed by atoms with van der Waals surface area (Å²) in [5.41, 5.74) is 3.95. The van der Waals surface area contributed by atoms with Gasteiger partial charge < -0.3 is 5.32 Å². The summed E-state index contributed by atoms with van der Waals surface area (Å²) in [5.74, 6) is -0.177. The molecule has 8 heteroatoms. The third-order valence-electron chi connectivity index (χ3n) is 5.52. The molecule has 0 atom stereocenters. The van der Waals surface area contributed by atoms with Crippen LogP contribution >= 0.6 is 11.9 Å². The van der Waals surface area contributed by atoms with Crippen molar-refractivity contribution in [2.75, 3.05) is 18.4 Å². The molecule has 1 fully saturated rings. The number of nitrogens with one attached hydrogen (secondary N) is 2. The molecule has 3 N–H and O–H groups in total. The average Bonchev–Trinajstić information content (AvgIpc) is 2.82. The number of aryl methyl sites for hydroxylation is 1. The summed E-state index contributed by atoms with van der Waals surface area (Å²) < 4.78 is 2.39. The Hall–Kier alpha value is -2.94. The van der Waals surface area contributed by atoms with Crippen molar-refractivity contribution >= 4 is 23.8 Å². The van der Waals surface area contributed by atoms with Crippen molar-refractivity contribution in [1.82, 2.24) is 19.8 Å². The van der Waals surface area contributed by atoms with Gasteiger partial charge in [-0.3, -0.25) is 10.0 Å². The molecule has 31 heavy (non-hydrogen) atoms. The number of hydroxylamine groups is 1. The molecule has 1 saturated heterocycles. The summed E-state index contributed by atoms with van der Waals surface area (Å²) in [4.78, 5) is 21.4. The third-order valence-corrected chi connectivity index (χ3v) is 6.63. The first-order valence-electron chi connectivity index (χ1n) is 10.2. The Morgan fingerprint density at radius 1 is 1.03 bits per heavy atom. The van der Waals surface area contributed by atoms with Crippen LogP contribution in [0.3, 0.4) is 0 Å². The van der Waals surface area contributed by atoms with Crippen molar-refractivity contribution in [3.63, 3.8) is 0 Å². The van der Waals surface area contributed by atoms with Crippen LogP contribution in [0, 0.1) is 6.92 Å². The average molecular weight is 436 g/mol. The molecule has 1 amide bonds. The number of hydrogen-bond donors (Lipinski definition) is 3. The van der Waals surface area contributed by atoms with Gasteiger partial charge >= 0.3 is 0 Å². The first-order valence-corrected chi connectivity index (χ1v) is 11.0. The maximum atomic E-state index is 11.5. The zero-order valence-corrected chi connectivity index (χ0v) is 18.1. The highest BCUT2D eigenvalue weighted by atomic mass is 32.2. The molecule has 1 aliphatic heterocycles. The second kappa shape index (κ2) is 9.47. The predicted octanol–water partition coefficient (Wildman–Crippen LogP) is 4.01. The highest BCUT2D eigenvalue weighted by Gasteiger charge is 2.37. The molecular weight excluding hydrogens is 410 g/mol. The van der Waals surface area contributed by atoms with Gasteiger partial charge in [0.25, 0.3) is 5.91 Å². The molecule has 0 saturated carbocycles. The minimum absolute atomic E-state index is 0.200. The van der Waals surface area contributed by atoms with Crippen LogP contribution in [0.15, 0.2) is 71.9 Å². The van der Waals surface area contributed by atoms with Crippen molar-refractivity contribution in [2.45, 2.75) is 30.2 Å². The normalized spacial score (nSPS) is 15.9. The summed E-state index contributed by atoms with van der Waals surface area (Å²) >= 11 is 1.79. The highest BCUT2D eigenvalue weighted by molar-refractivity contribution is 7.97. The van der Waals surface area contributed by atoms with Crippen LogP contribution in [0.1, 0.15) is 34.3 Å². The number of hydrogen-bond acceptors (Lipinski definition) is 7. The van der Waals surface area contributed by atoms with Gasteiger partial charge in [-0.25, -0.2) is 19.8 Å². The predicted molar refractivity (Wildman–Crippen MR) is 121 cm³/mol. The van der Waals surface area contributed by atoms with E-state index in [-0.39, 0.29) is 11.1 Å². The van der Waals surface area contributed by atoms with Crippen molar-refractivity contribution < 1.29 is 10.0 Å². The van der Waals surface area contributed by atoms with E-state index >= 15 is 0 Å². The van der Waals surface area contributed by atoms with Crippen LogP contribution in [0.2, 0.25) is 0 Å². The Labute approximate surface area is 186 Å². The summed E-state index contributed by atoms with van der Waals surface area (Å²) in [6.07, 6.45) is 4.58. The maximum Gasteiger partial charge on any atom is 0.277 e. The maximum absolute atomic E-state index is 11.5. The summed E-state index contributed by atoms with van der Waals surface area (Å²) in [7, 11) is 0. The Morgan fingerprint density at radius 3 is 2.29 bits per heavy atom.